The van der Waals surface area contributed by atoms with E-state index in [-0.39, 0.29) is 0 Å². The van der Waals surface area contributed by atoms with Crippen LogP contribution in [-0.4, -0.2) is 12.6 Å². The Hall–Kier alpha value is -0.540. The van der Waals surface area contributed by atoms with Crippen LogP contribution >= 0.6 is 11.3 Å². The summed E-state index contributed by atoms with van der Waals surface area (Å²) >= 11 is 1.77. The zero-order chi connectivity index (χ0) is 9.68. The Morgan fingerprint density at radius 2 is 2.38 bits per heavy atom. The van der Waals surface area contributed by atoms with Gasteiger partial charge in [0, 0.05) is 12.6 Å². The van der Waals surface area contributed by atoms with Crippen molar-refractivity contribution in [3.8, 4) is 0 Å². The van der Waals surface area contributed by atoms with Crippen molar-refractivity contribution in [2.24, 2.45) is 5.73 Å². The summed E-state index contributed by atoms with van der Waals surface area (Å²) in [4.78, 5) is 0. The standard InChI is InChI=1S/C10H18N2S/c1-8-5-7-13-10(8)12-6-3-4-9(2)11/h5,7,9,12H,3-4,6,11H2,1-2H3. The van der Waals surface area contributed by atoms with Gasteiger partial charge in [0.05, 0.1) is 5.00 Å². The molecule has 1 heterocycles. The minimum absolute atomic E-state index is 0.325. The van der Waals surface area contributed by atoms with Crippen LogP contribution in [0.2, 0.25) is 0 Å². The van der Waals surface area contributed by atoms with Gasteiger partial charge in [-0.15, -0.1) is 11.3 Å². The van der Waals surface area contributed by atoms with Crippen molar-refractivity contribution in [1.29, 1.82) is 0 Å². The number of rotatable bonds is 5. The molecule has 0 bridgehead atoms. The van der Waals surface area contributed by atoms with Crippen LogP contribution in [-0.2, 0) is 0 Å². The van der Waals surface area contributed by atoms with Crippen molar-refractivity contribution in [2.45, 2.75) is 32.7 Å². The van der Waals surface area contributed by atoms with Gasteiger partial charge < -0.3 is 11.1 Å². The van der Waals surface area contributed by atoms with Crippen LogP contribution in [0.4, 0.5) is 5.00 Å². The number of nitrogens with two attached hydrogens (primary N) is 1. The molecule has 13 heavy (non-hydrogen) atoms. The molecule has 1 atom stereocenters. The molecular weight excluding hydrogens is 180 g/mol. The number of thiophene rings is 1. The maximum absolute atomic E-state index is 5.66. The molecule has 0 saturated heterocycles. The summed E-state index contributed by atoms with van der Waals surface area (Å²) in [6, 6.07) is 2.46. The van der Waals surface area contributed by atoms with Crippen LogP contribution < -0.4 is 11.1 Å². The number of aryl methyl sites for hydroxylation is 1. The normalized spacial score (nSPS) is 12.8. The Morgan fingerprint density at radius 3 is 2.92 bits per heavy atom. The summed E-state index contributed by atoms with van der Waals surface area (Å²) in [5.74, 6) is 0. The van der Waals surface area contributed by atoms with Crippen molar-refractivity contribution in [3.63, 3.8) is 0 Å². The quantitative estimate of drug-likeness (QED) is 0.714. The van der Waals surface area contributed by atoms with E-state index in [9.17, 15) is 0 Å². The maximum atomic E-state index is 5.66. The molecule has 0 aliphatic heterocycles. The van der Waals surface area contributed by atoms with Gasteiger partial charge >= 0.3 is 0 Å². The molecule has 1 rings (SSSR count). The van der Waals surface area contributed by atoms with Gasteiger partial charge in [-0.25, -0.2) is 0 Å². The Balaban J connectivity index is 2.17. The van der Waals surface area contributed by atoms with E-state index >= 15 is 0 Å². The van der Waals surface area contributed by atoms with E-state index in [1.54, 1.807) is 11.3 Å². The molecule has 1 unspecified atom stereocenters. The Labute approximate surface area is 84.2 Å². The van der Waals surface area contributed by atoms with E-state index in [4.69, 9.17) is 5.73 Å². The molecule has 1 aromatic rings. The molecule has 0 aliphatic carbocycles. The van der Waals surface area contributed by atoms with Crippen molar-refractivity contribution >= 4 is 16.3 Å². The highest BCUT2D eigenvalue weighted by Crippen LogP contribution is 2.21. The molecule has 0 amide bonds. The molecule has 0 fully saturated rings. The van der Waals surface area contributed by atoms with Crippen LogP contribution in [0.5, 0.6) is 0 Å². The maximum Gasteiger partial charge on any atom is 0.0912 e. The van der Waals surface area contributed by atoms with Crippen LogP contribution in [0.3, 0.4) is 0 Å². The first-order valence-electron chi connectivity index (χ1n) is 4.73. The van der Waals surface area contributed by atoms with Crippen LogP contribution in [0.1, 0.15) is 25.3 Å². The van der Waals surface area contributed by atoms with Gasteiger partial charge in [0.15, 0.2) is 0 Å². The first-order chi connectivity index (χ1) is 6.20. The zero-order valence-corrected chi connectivity index (χ0v) is 9.16. The molecule has 3 N–H and O–H groups in total. The van der Waals surface area contributed by atoms with E-state index < -0.39 is 0 Å². The second kappa shape index (κ2) is 5.25. The van der Waals surface area contributed by atoms with E-state index in [1.165, 1.54) is 10.6 Å². The minimum atomic E-state index is 0.325. The first-order valence-corrected chi connectivity index (χ1v) is 5.61. The highest BCUT2D eigenvalue weighted by molar-refractivity contribution is 7.14. The fourth-order valence-corrected chi connectivity index (χ4v) is 2.03. The van der Waals surface area contributed by atoms with Gasteiger partial charge in [-0.1, -0.05) is 0 Å². The SMILES string of the molecule is Cc1ccsc1NCCCC(C)N. The third-order valence-electron chi connectivity index (χ3n) is 1.98. The van der Waals surface area contributed by atoms with Crippen molar-refractivity contribution < 1.29 is 0 Å². The fraction of sp³-hybridized carbons (Fsp3) is 0.600. The summed E-state index contributed by atoms with van der Waals surface area (Å²) in [6.07, 6.45) is 2.24. The Kier molecular flexibility index (Phi) is 4.25. The van der Waals surface area contributed by atoms with Crippen molar-refractivity contribution in [1.82, 2.24) is 0 Å². The number of hydrogen-bond acceptors (Lipinski definition) is 3. The van der Waals surface area contributed by atoms with Crippen molar-refractivity contribution in [3.05, 3.63) is 17.0 Å². The average Bonchev–Trinajstić information content (AvgIpc) is 2.45. The minimum Gasteiger partial charge on any atom is -0.377 e. The van der Waals surface area contributed by atoms with Crippen LogP contribution in [0.15, 0.2) is 11.4 Å². The van der Waals surface area contributed by atoms with E-state index in [1.807, 2.05) is 0 Å². The molecule has 0 radical (unpaired) electrons. The summed E-state index contributed by atoms with van der Waals surface area (Å²) in [5, 5.41) is 6.82. The lowest BCUT2D eigenvalue weighted by molar-refractivity contribution is 0.639. The van der Waals surface area contributed by atoms with Gasteiger partial charge in [-0.3, -0.25) is 0 Å². The van der Waals surface area contributed by atoms with Gasteiger partial charge in [0.25, 0.3) is 0 Å². The molecule has 0 saturated carbocycles. The van der Waals surface area contributed by atoms with E-state index in [0.717, 1.165) is 19.4 Å². The molecule has 74 valence electrons. The highest BCUT2D eigenvalue weighted by Gasteiger charge is 1.98. The largest absolute Gasteiger partial charge is 0.377 e. The van der Waals surface area contributed by atoms with Crippen LogP contribution in [0.25, 0.3) is 0 Å². The summed E-state index contributed by atoms with van der Waals surface area (Å²) in [7, 11) is 0. The summed E-state index contributed by atoms with van der Waals surface area (Å²) < 4.78 is 0. The lowest BCUT2D eigenvalue weighted by Gasteiger charge is -2.06. The Bertz CT molecular complexity index is 243. The van der Waals surface area contributed by atoms with Crippen molar-refractivity contribution in [2.75, 3.05) is 11.9 Å². The number of hydrogen-bond donors (Lipinski definition) is 2. The van der Waals surface area contributed by atoms with Gasteiger partial charge in [0.1, 0.15) is 0 Å². The van der Waals surface area contributed by atoms with Gasteiger partial charge in [-0.05, 0) is 43.7 Å². The smallest absolute Gasteiger partial charge is 0.0912 e. The number of nitrogens with one attached hydrogen (secondary N) is 1. The second-order valence-corrected chi connectivity index (χ2v) is 4.40. The van der Waals surface area contributed by atoms with E-state index in [0.29, 0.717) is 6.04 Å². The number of anilines is 1. The third kappa shape index (κ3) is 3.79. The molecule has 0 spiro atoms. The lowest BCUT2D eigenvalue weighted by Crippen LogP contribution is -2.16. The molecule has 2 nitrogen and oxygen atoms in total. The monoisotopic (exact) mass is 198 g/mol. The summed E-state index contributed by atoms with van der Waals surface area (Å²) in [6.45, 7) is 5.21. The molecule has 1 aromatic heterocycles. The first kappa shape index (κ1) is 10.5. The third-order valence-corrected chi connectivity index (χ3v) is 2.96. The van der Waals surface area contributed by atoms with Gasteiger partial charge in [0.2, 0.25) is 0 Å². The predicted octanol–water partition coefficient (Wildman–Crippen LogP) is 2.60. The topological polar surface area (TPSA) is 38.0 Å². The average molecular weight is 198 g/mol. The molecule has 0 aromatic carbocycles. The molecule has 0 aliphatic rings. The molecule has 3 heteroatoms. The summed E-state index contributed by atoms with van der Waals surface area (Å²) in [5.41, 5.74) is 7.00. The van der Waals surface area contributed by atoms with Gasteiger partial charge in [-0.2, -0.15) is 0 Å². The molecular formula is C10H18N2S. The zero-order valence-electron chi connectivity index (χ0n) is 8.34. The lowest BCUT2D eigenvalue weighted by atomic mass is 10.2. The second-order valence-electron chi connectivity index (χ2n) is 3.48. The predicted molar refractivity (Wildman–Crippen MR) is 60.4 cm³/mol. The Morgan fingerprint density at radius 1 is 1.62 bits per heavy atom. The van der Waals surface area contributed by atoms with Crippen LogP contribution in [0, 0.1) is 6.92 Å². The van der Waals surface area contributed by atoms with E-state index in [2.05, 4.69) is 30.6 Å². The highest BCUT2D eigenvalue weighted by atomic mass is 32.1. The fourth-order valence-electron chi connectivity index (χ4n) is 1.18.